The van der Waals surface area contributed by atoms with Crippen LogP contribution in [0.2, 0.25) is 0 Å². The zero-order valence-corrected chi connectivity index (χ0v) is 14.8. The van der Waals surface area contributed by atoms with Crippen molar-refractivity contribution in [3.63, 3.8) is 0 Å². The van der Waals surface area contributed by atoms with Gasteiger partial charge >= 0.3 is 12.0 Å². The van der Waals surface area contributed by atoms with E-state index in [1.807, 2.05) is 5.32 Å². The molecule has 1 aliphatic heterocycles. The second-order valence-electron chi connectivity index (χ2n) is 5.67. The van der Waals surface area contributed by atoms with Gasteiger partial charge in [-0.25, -0.2) is 4.79 Å². The zero-order valence-electron chi connectivity index (χ0n) is 14.8. The minimum Gasteiger partial charge on any atom is -0.479 e. The number of anilines is 1. The summed E-state index contributed by atoms with van der Waals surface area (Å²) in [4.78, 5) is 48.5. The van der Waals surface area contributed by atoms with Crippen LogP contribution in [0.25, 0.3) is 0 Å². The smallest absolute Gasteiger partial charge is 0.321 e. The van der Waals surface area contributed by atoms with E-state index in [2.05, 4.69) is 5.32 Å². The quantitative estimate of drug-likeness (QED) is 0.740. The van der Waals surface area contributed by atoms with Gasteiger partial charge in [0.15, 0.2) is 12.2 Å². The van der Waals surface area contributed by atoms with E-state index in [4.69, 9.17) is 9.47 Å². The SMILES string of the molecule is CNC(=O)NC(=O)C(C)OC(=O)CCN1C(=O)C(C)Oc2ccccc21. The highest BCUT2D eigenvalue weighted by molar-refractivity contribution is 6.00. The summed E-state index contributed by atoms with van der Waals surface area (Å²) in [5, 5.41) is 4.24. The van der Waals surface area contributed by atoms with Crippen LogP contribution in [0.1, 0.15) is 20.3 Å². The highest BCUT2D eigenvalue weighted by Crippen LogP contribution is 2.33. The Balaban J connectivity index is 1.93. The van der Waals surface area contributed by atoms with Crippen LogP contribution in [0.3, 0.4) is 0 Å². The van der Waals surface area contributed by atoms with Crippen LogP contribution in [0.15, 0.2) is 24.3 Å². The number of imide groups is 1. The second kappa shape index (κ2) is 8.32. The summed E-state index contributed by atoms with van der Waals surface area (Å²) in [7, 11) is 1.36. The number of amides is 4. The number of carbonyl (C=O) groups is 4. The van der Waals surface area contributed by atoms with Crippen LogP contribution in [0, 0.1) is 0 Å². The zero-order chi connectivity index (χ0) is 19.3. The predicted octanol–water partition coefficient (Wildman–Crippen LogP) is 0.578. The Hall–Kier alpha value is -3.10. The Labute approximate surface area is 150 Å². The third-order valence-corrected chi connectivity index (χ3v) is 3.75. The summed E-state index contributed by atoms with van der Waals surface area (Å²) >= 11 is 0. The van der Waals surface area contributed by atoms with Gasteiger partial charge in [-0.2, -0.15) is 0 Å². The van der Waals surface area contributed by atoms with Gasteiger partial charge in [-0.3, -0.25) is 19.7 Å². The van der Waals surface area contributed by atoms with Crippen LogP contribution < -0.4 is 20.3 Å². The van der Waals surface area contributed by atoms with Crippen LogP contribution in [-0.2, 0) is 19.1 Å². The molecule has 1 aromatic carbocycles. The van der Waals surface area contributed by atoms with Gasteiger partial charge in [-0.15, -0.1) is 0 Å². The van der Waals surface area contributed by atoms with E-state index >= 15 is 0 Å². The number of nitrogens with zero attached hydrogens (tertiary/aromatic N) is 1. The van der Waals surface area contributed by atoms with Gasteiger partial charge in [0.25, 0.3) is 11.8 Å². The van der Waals surface area contributed by atoms with E-state index in [1.165, 1.54) is 18.9 Å². The molecular formula is C17H21N3O6. The Bertz CT molecular complexity index is 720. The number of esters is 1. The fourth-order valence-electron chi connectivity index (χ4n) is 2.38. The summed E-state index contributed by atoms with van der Waals surface area (Å²) in [5.41, 5.74) is 0.578. The number of ether oxygens (including phenoxy) is 2. The van der Waals surface area contributed by atoms with Gasteiger partial charge in [0.2, 0.25) is 0 Å². The number of nitrogens with one attached hydrogen (secondary N) is 2. The predicted molar refractivity (Wildman–Crippen MR) is 91.7 cm³/mol. The van der Waals surface area contributed by atoms with Gasteiger partial charge in [0.1, 0.15) is 5.75 Å². The maximum atomic E-state index is 12.3. The maximum absolute atomic E-state index is 12.3. The summed E-state index contributed by atoms with van der Waals surface area (Å²) in [6, 6.07) is 6.34. The number of hydrogen-bond acceptors (Lipinski definition) is 6. The average molecular weight is 363 g/mol. The summed E-state index contributed by atoms with van der Waals surface area (Å²) < 4.78 is 10.5. The number of urea groups is 1. The number of rotatable bonds is 5. The van der Waals surface area contributed by atoms with Crippen LogP contribution in [0.5, 0.6) is 5.75 Å². The molecule has 2 unspecified atom stereocenters. The first-order valence-electron chi connectivity index (χ1n) is 8.12. The Morgan fingerprint density at radius 2 is 2.00 bits per heavy atom. The summed E-state index contributed by atoms with van der Waals surface area (Å²) in [5.74, 6) is -1.10. The summed E-state index contributed by atoms with van der Waals surface area (Å²) in [6.07, 6.45) is -1.89. The lowest BCUT2D eigenvalue weighted by atomic mass is 10.2. The van der Waals surface area contributed by atoms with Crippen molar-refractivity contribution >= 4 is 29.5 Å². The minimum atomic E-state index is -1.13. The van der Waals surface area contributed by atoms with E-state index in [9.17, 15) is 19.2 Å². The first-order chi connectivity index (χ1) is 12.3. The van der Waals surface area contributed by atoms with Crippen molar-refractivity contribution in [3.05, 3.63) is 24.3 Å². The van der Waals surface area contributed by atoms with Gasteiger partial charge in [-0.1, -0.05) is 12.1 Å². The van der Waals surface area contributed by atoms with Crippen molar-refractivity contribution in [1.82, 2.24) is 10.6 Å². The van der Waals surface area contributed by atoms with E-state index in [0.29, 0.717) is 11.4 Å². The molecule has 0 aliphatic carbocycles. The molecule has 0 saturated carbocycles. The summed E-state index contributed by atoms with van der Waals surface area (Å²) in [6.45, 7) is 3.08. The van der Waals surface area contributed by atoms with Crippen molar-refractivity contribution in [3.8, 4) is 5.75 Å². The lowest BCUT2D eigenvalue weighted by Crippen LogP contribution is -2.46. The molecule has 1 aromatic rings. The van der Waals surface area contributed by atoms with Crippen molar-refractivity contribution < 1.29 is 28.7 Å². The molecule has 1 aliphatic rings. The molecule has 0 saturated heterocycles. The molecule has 0 aromatic heterocycles. The monoisotopic (exact) mass is 363 g/mol. The number of fused-ring (bicyclic) bond motifs is 1. The number of para-hydroxylation sites is 2. The molecule has 0 spiro atoms. The lowest BCUT2D eigenvalue weighted by Gasteiger charge is -2.32. The van der Waals surface area contributed by atoms with Gasteiger partial charge in [0, 0.05) is 13.6 Å². The highest BCUT2D eigenvalue weighted by Gasteiger charge is 2.31. The van der Waals surface area contributed by atoms with E-state index in [-0.39, 0.29) is 18.9 Å². The molecule has 1 heterocycles. The number of benzene rings is 1. The van der Waals surface area contributed by atoms with E-state index in [0.717, 1.165) is 0 Å². The molecule has 140 valence electrons. The molecule has 0 fully saturated rings. The molecular weight excluding hydrogens is 342 g/mol. The number of carbonyl (C=O) groups excluding carboxylic acids is 4. The van der Waals surface area contributed by atoms with Crippen LogP contribution in [-0.4, -0.2) is 49.6 Å². The first kappa shape index (κ1) is 19.2. The molecule has 2 N–H and O–H groups in total. The Kier molecular flexibility index (Phi) is 6.16. The average Bonchev–Trinajstić information content (AvgIpc) is 2.61. The van der Waals surface area contributed by atoms with Crippen molar-refractivity contribution in [2.45, 2.75) is 32.5 Å². The maximum Gasteiger partial charge on any atom is 0.321 e. The van der Waals surface area contributed by atoms with Crippen LogP contribution >= 0.6 is 0 Å². The molecule has 9 nitrogen and oxygen atoms in total. The standard InChI is InChI=1S/C17H21N3O6/c1-10(15(22)19-17(24)18-3)26-14(21)8-9-20-12-6-4-5-7-13(12)25-11(2)16(20)23/h4-7,10-11H,8-9H2,1-3H3,(H2,18,19,22,24). The minimum absolute atomic E-state index is 0.0894. The van der Waals surface area contributed by atoms with Gasteiger partial charge in [0.05, 0.1) is 12.1 Å². The van der Waals surface area contributed by atoms with E-state index < -0.39 is 30.1 Å². The molecule has 26 heavy (non-hydrogen) atoms. The third kappa shape index (κ3) is 4.50. The normalized spacial score (nSPS) is 16.8. The number of hydrogen-bond donors (Lipinski definition) is 2. The molecule has 9 heteroatoms. The second-order valence-corrected chi connectivity index (χ2v) is 5.67. The lowest BCUT2D eigenvalue weighted by molar-refractivity contribution is -0.154. The topological polar surface area (TPSA) is 114 Å². The molecule has 4 amide bonds. The Morgan fingerprint density at radius 3 is 2.69 bits per heavy atom. The molecule has 0 radical (unpaired) electrons. The molecule has 0 bridgehead atoms. The fraction of sp³-hybridized carbons (Fsp3) is 0.412. The Morgan fingerprint density at radius 1 is 1.31 bits per heavy atom. The van der Waals surface area contributed by atoms with Crippen molar-refractivity contribution in [2.75, 3.05) is 18.5 Å². The molecule has 2 atom stereocenters. The fourth-order valence-corrected chi connectivity index (χ4v) is 2.38. The first-order valence-corrected chi connectivity index (χ1v) is 8.12. The van der Waals surface area contributed by atoms with Crippen LogP contribution in [0.4, 0.5) is 10.5 Å². The van der Waals surface area contributed by atoms with Gasteiger partial charge in [-0.05, 0) is 26.0 Å². The molecule has 2 rings (SSSR count). The van der Waals surface area contributed by atoms with Crippen molar-refractivity contribution in [2.24, 2.45) is 0 Å². The highest BCUT2D eigenvalue weighted by atomic mass is 16.5. The largest absolute Gasteiger partial charge is 0.479 e. The van der Waals surface area contributed by atoms with Crippen molar-refractivity contribution in [1.29, 1.82) is 0 Å². The third-order valence-electron chi connectivity index (χ3n) is 3.75. The van der Waals surface area contributed by atoms with Gasteiger partial charge < -0.3 is 19.7 Å². The van der Waals surface area contributed by atoms with E-state index in [1.54, 1.807) is 31.2 Å².